The zero-order valence-electron chi connectivity index (χ0n) is 9.28. The molecule has 0 heterocycles. The number of hydrogen-bond acceptors (Lipinski definition) is 3. The van der Waals surface area contributed by atoms with Gasteiger partial charge in [0.1, 0.15) is 12.7 Å². The molecule has 0 bridgehead atoms. The molecule has 1 N–H and O–H groups in total. The zero-order chi connectivity index (χ0) is 11.4. The van der Waals surface area contributed by atoms with Crippen molar-refractivity contribution in [1.29, 1.82) is 0 Å². The van der Waals surface area contributed by atoms with E-state index in [0.717, 1.165) is 16.7 Å². The van der Waals surface area contributed by atoms with E-state index < -0.39 is 12.1 Å². The van der Waals surface area contributed by atoms with Gasteiger partial charge in [-0.15, -0.1) is 0 Å². The van der Waals surface area contributed by atoms with Crippen molar-refractivity contribution in [1.82, 2.24) is 0 Å². The largest absolute Gasteiger partial charge is 0.459 e. The van der Waals surface area contributed by atoms with Crippen LogP contribution in [0.2, 0.25) is 0 Å². The van der Waals surface area contributed by atoms with Gasteiger partial charge in [-0.2, -0.15) is 0 Å². The molecule has 0 saturated carbocycles. The lowest BCUT2D eigenvalue weighted by Gasteiger charge is -2.08. The number of carbonyl (C=O) groups excluding carboxylic acids is 1. The van der Waals surface area contributed by atoms with Gasteiger partial charge in [0.05, 0.1) is 0 Å². The van der Waals surface area contributed by atoms with E-state index in [-0.39, 0.29) is 6.61 Å². The maximum absolute atomic E-state index is 11.0. The number of rotatable bonds is 3. The normalized spacial score (nSPS) is 12.3. The van der Waals surface area contributed by atoms with Crippen molar-refractivity contribution in [3.63, 3.8) is 0 Å². The number of hydrogen-bond donors (Lipinski definition) is 1. The highest BCUT2D eigenvalue weighted by Crippen LogP contribution is 2.10. The summed E-state index contributed by atoms with van der Waals surface area (Å²) in [6.07, 6.45) is -1.06. The Balaban J connectivity index is 2.61. The third-order valence-corrected chi connectivity index (χ3v) is 2.00. The van der Waals surface area contributed by atoms with Crippen LogP contribution in [0.15, 0.2) is 18.2 Å². The first kappa shape index (κ1) is 11.7. The summed E-state index contributed by atoms with van der Waals surface area (Å²) in [6.45, 7) is 5.59. The van der Waals surface area contributed by atoms with Gasteiger partial charge in [0.25, 0.3) is 0 Å². The van der Waals surface area contributed by atoms with Gasteiger partial charge in [0, 0.05) is 0 Å². The molecule has 0 aliphatic heterocycles. The Bertz CT molecular complexity index is 336. The van der Waals surface area contributed by atoms with Crippen molar-refractivity contribution in [3.8, 4) is 0 Å². The molecule has 3 heteroatoms. The molecule has 0 fully saturated rings. The number of aliphatic hydroxyl groups is 1. The van der Waals surface area contributed by atoms with E-state index in [1.54, 1.807) is 0 Å². The van der Waals surface area contributed by atoms with Gasteiger partial charge in [0.15, 0.2) is 0 Å². The Labute approximate surface area is 89.7 Å². The molecule has 0 saturated heterocycles. The van der Waals surface area contributed by atoms with E-state index >= 15 is 0 Å². The number of esters is 1. The Morgan fingerprint density at radius 2 is 1.87 bits per heavy atom. The minimum Gasteiger partial charge on any atom is -0.459 e. The molecule has 1 unspecified atom stereocenters. The third kappa shape index (κ3) is 3.72. The Morgan fingerprint density at radius 1 is 1.33 bits per heavy atom. The van der Waals surface area contributed by atoms with Crippen molar-refractivity contribution in [2.45, 2.75) is 33.5 Å². The van der Waals surface area contributed by atoms with Crippen LogP contribution in [0.3, 0.4) is 0 Å². The van der Waals surface area contributed by atoms with Crippen LogP contribution in [-0.2, 0) is 16.1 Å². The maximum Gasteiger partial charge on any atom is 0.334 e. The van der Waals surface area contributed by atoms with E-state index in [1.807, 2.05) is 26.0 Å². The van der Waals surface area contributed by atoms with Crippen molar-refractivity contribution >= 4 is 5.97 Å². The smallest absolute Gasteiger partial charge is 0.334 e. The molecule has 1 aromatic rings. The molecular weight excluding hydrogens is 192 g/mol. The highest BCUT2D eigenvalue weighted by Gasteiger charge is 2.09. The first-order valence-corrected chi connectivity index (χ1v) is 4.91. The number of aliphatic hydroxyl groups excluding tert-OH is 1. The Morgan fingerprint density at radius 3 is 2.33 bits per heavy atom. The van der Waals surface area contributed by atoms with Crippen molar-refractivity contribution in [2.24, 2.45) is 0 Å². The lowest BCUT2D eigenvalue weighted by atomic mass is 10.1. The predicted octanol–water partition coefficient (Wildman–Crippen LogP) is 1.73. The van der Waals surface area contributed by atoms with Crippen LogP contribution in [0, 0.1) is 13.8 Å². The average Bonchev–Trinajstić information content (AvgIpc) is 2.12. The van der Waals surface area contributed by atoms with Crippen LogP contribution < -0.4 is 0 Å². The van der Waals surface area contributed by atoms with E-state index in [2.05, 4.69) is 6.07 Å². The van der Waals surface area contributed by atoms with Gasteiger partial charge < -0.3 is 9.84 Å². The fourth-order valence-electron chi connectivity index (χ4n) is 1.43. The van der Waals surface area contributed by atoms with Gasteiger partial charge in [-0.3, -0.25) is 0 Å². The molecule has 0 aliphatic rings. The second-order valence-electron chi connectivity index (χ2n) is 3.78. The van der Waals surface area contributed by atoms with Crippen LogP contribution in [0.4, 0.5) is 0 Å². The van der Waals surface area contributed by atoms with Crippen LogP contribution >= 0.6 is 0 Å². The lowest BCUT2D eigenvalue weighted by molar-refractivity contribution is -0.153. The van der Waals surface area contributed by atoms with E-state index in [9.17, 15) is 4.79 Å². The van der Waals surface area contributed by atoms with Gasteiger partial charge in [0.2, 0.25) is 0 Å². The molecule has 0 aliphatic carbocycles. The SMILES string of the molecule is Cc1cc(C)cc(COC(=O)C(C)O)c1. The molecular formula is C12H16O3. The second kappa shape index (κ2) is 4.94. The van der Waals surface area contributed by atoms with E-state index in [4.69, 9.17) is 9.84 Å². The molecule has 1 rings (SSSR count). The molecule has 1 aromatic carbocycles. The van der Waals surface area contributed by atoms with Crippen molar-refractivity contribution in [3.05, 3.63) is 34.9 Å². The van der Waals surface area contributed by atoms with Crippen LogP contribution in [0.1, 0.15) is 23.6 Å². The highest BCUT2D eigenvalue weighted by molar-refractivity contribution is 5.73. The predicted molar refractivity (Wildman–Crippen MR) is 57.4 cm³/mol. The molecule has 0 amide bonds. The van der Waals surface area contributed by atoms with Crippen LogP contribution in [-0.4, -0.2) is 17.2 Å². The summed E-state index contributed by atoms with van der Waals surface area (Å²) in [5.74, 6) is -0.589. The summed E-state index contributed by atoms with van der Waals surface area (Å²) >= 11 is 0. The molecule has 0 spiro atoms. The summed E-state index contributed by atoms with van der Waals surface area (Å²) in [7, 11) is 0. The summed E-state index contributed by atoms with van der Waals surface area (Å²) in [5.41, 5.74) is 3.22. The molecule has 0 aromatic heterocycles. The maximum atomic E-state index is 11.0. The highest BCUT2D eigenvalue weighted by atomic mass is 16.5. The summed E-state index contributed by atoms with van der Waals surface area (Å²) in [4.78, 5) is 11.0. The van der Waals surface area contributed by atoms with Crippen molar-refractivity contribution < 1.29 is 14.6 Å². The van der Waals surface area contributed by atoms with Gasteiger partial charge in [-0.25, -0.2) is 4.79 Å². The first-order chi connectivity index (χ1) is 6.99. The average molecular weight is 208 g/mol. The van der Waals surface area contributed by atoms with Crippen LogP contribution in [0.25, 0.3) is 0 Å². The number of carbonyl (C=O) groups is 1. The quantitative estimate of drug-likeness (QED) is 0.769. The Kier molecular flexibility index (Phi) is 3.86. The van der Waals surface area contributed by atoms with Gasteiger partial charge in [-0.05, 0) is 26.3 Å². The number of benzene rings is 1. The second-order valence-corrected chi connectivity index (χ2v) is 3.78. The fourth-order valence-corrected chi connectivity index (χ4v) is 1.43. The van der Waals surface area contributed by atoms with Crippen molar-refractivity contribution in [2.75, 3.05) is 0 Å². The number of ether oxygens (including phenoxy) is 1. The molecule has 82 valence electrons. The molecule has 15 heavy (non-hydrogen) atoms. The van der Waals surface area contributed by atoms with Gasteiger partial charge >= 0.3 is 5.97 Å². The zero-order valence-corrected chi connectivity index (χ0v) is 9.28. The molecule has 3 nitrogen and oxygen atoms in total. The minimum atomic E-state index is -1.06. The van der Waals surface area contributed by atoms with E-state index in [1.165, 1.54) is 6.92 Å². The standard InChI is InChI=1S/C12H16O3/c1-8-4-9(2)6-11(5-8)7-15-12(14)10(3)13/h4-6,10,13H,7H2,1-3H3. The minimum absolute atomic E-state index is 0.215. The topological polar surface area (TPSA) is 46.5 Å². The molecule has 1 atom stereocenters. The lowest BCUT2D eigenvalue weighted by Crippen LogP contribution is -2.19. The molecule has 0 radical (unpaired) electrons. The summed E-state index contributed by atoms with van der Waals surface area (Å²) in [5, 5.41) is 8.93. The number of aryl methyl sites for hydroxylation is 2. The first-order valence-electron chi connectivity index (χ1n) is 4.91. The monoisotopic (exact) mass is 208 g/mol. The van der Waals surface area contributed by atoms with E-state index in [0.29, 0.717) is 0 Å². The fraction of sp³-hybridized carbons (Fsp3) is 0.417. The summed E-state index contributed by atoms with van der Waals surface area (Å²) in [6, 6.07) is 5.98. The Hall–Kier alpha value is -1.35. The van der Waals surface area contributed by atoms with Crippen LogP contribution in [0.5, 0.6) is 0 Å². The van der Waals surface area contributed by atoms with Gasteiger partial charge in [-0.1, -0.05) is 29.3 Å². The third-order valence-electron chi connectivity index (χ3n) is 2.00. The summed E-state index contributed by atoms with van der Waals surface area (Å²) < 4.78 is 4.91.